The van der Waals surface area contributed by atoms with Crippen molar-refractivity contribution in [3.8, 4) is 0 Å². The average Bonchev–Trinajstić information content (AvgIpc) is 3.54. The van der Waals surface area contributed by atoms with Crippen LogP contribution in [0.15, 0.2) is 35.9 Å². The number of aliphatic hydroxyl groups excluding tert-OH is 1. The van der Waals surface area contributed by atoms with E-state index in [-0.39, 0.29) is 45.6 Å². The molecule has 2 heterocycles. The molecule has 1 N–H and O–H groups in total. The van der Waals surface area contributed by atoms with E-state index in [4.69, 9.17) is 4.74 Å². The van der Waals surface area contributed by atoms with Crippen LogP contribution in [0.2, 0.25) is 0 Å². The lowest BCUT2D eigenvalue weighted by Gasteiger charge is -2.71. The van der Waals surface area contributed by atoms with Crippen molar-refractivity contribution in [3.05, 3.63) is 45.7 Å². The summed E-state index contributed by atoms with van der Waals surface area (Å²) in [5, 5.41) is 10.8. The molecule has 0 aromatic carbocycles. The molecule has 38 heavy (non-hydrogen) atoms. The molecule has 6 heteroatoms. The first-order valence-electron chi connectivity index (χ1n) is 14.8. The molecule has 1 aliphatic heterocycles. The summed E-state index contributed by atoms with van der Waals surface area (Å²) in [6.07, 6.45) is 13.9. The number of Topliss-reactive ketones (excluding diaryl/α,β-unsaturated/α-hetero) is 1. The van der Waals surface area contributed by atoms with Gasteiger partial charge in [-0.25, -0.2) is 4.79 Å². The Morgan fingerprint density at radius 3 is 2.58 bits per heavy atom. The smallest absolute Gasteiger partial charge is 0.410 e. The average molecular weight is 536 g/mol. The van der Waals surface area contributed by atoms with E-state index < -0.39 is 5.60 Å². The van der Waals surface area contributed by atoms with Crippen LogP contribution in [0.4, 0.5) is 4.79 Å². The van der Waals surface area contributed by atoms with Crippen LogP contribution in [0.5, 0.6) is 0 Å². The fraction of sp³-hybridized carbons (Fsp3) is 0.688. The Kier molecular flexibility index (Phi) is 5.17. The largest absolute Gasteiger partial charge is 0.440 e. The third kappa shape index (κ3) is 2.82. The summed E-state index contributed by atoms with van der Waals surface area (Å²) in [5.74, 6) is 0.743. The number of fused-ring (bicyclic) bond motifs is 2. The summed E-state index contributed by atoms with van der Waals surface area (Å²) in [7, 11) is 0. The minimum absolute atomic E-state index is 0.00775. The molecule has 1 saturated heterocycles. The highest BCUT2D eigenvalue weighted by Gasteiger charge is 2.76. The number of carbonyl (C=O) groups is 2. The van der Waals surface area contributed by atoms with Crippen LogP contribution in [0.25, 0.3) is 0 Å². The molecule has 0 radical (unpaired) electrons. The maximum Gasteiger partial charge on any atom is 0.410 e. The molecule has 3 spiro atoms. The molecular weight excluding hydrogens is 494 g/mol. The van der Waals surface area contributed by atoms with Crippen LogP contribution < -0.4 is 0 Å². The van der Waals surface area contributed by atoms with Crippen molar-refractivity contribution in [2.75, 3.05) is 13.1 Å². The van der Waals surface area contributed by atoms with Gasteiger partial charge in [-0.3, -0.25) is 4.79 Å². The highest BCUT2D eigenvalue weighted by Crippen LogP contribution is 2.79. The molecule has 8 unspecified atom stereocenters. The Morgan fingerprint density at radius 1 is 1.11 bits per heavy atom. The monoisotopic (exact) mass is 535 g/mol. The molecule has 8 atom stereocenters. The number of nitrogens with zero attached hydrogens (tertiary/aromatic N) is 1. The number of hydrogen-bond donors (Lipinski definition) is 1. The highest BCUT2D eigenvalue weighted by molar-refractivity contribution is 7.14. The molecule has 1 aromatic rings. The molecule has 4 fully saturated rings. The second-order valence-corrected chi connectivity index (χ2v) is 15.1. The first-order valence-corrected chi connectivity index (χ1v) is 15.6. The number of amides is 1. The molecule has 5 nitrogen and oxygen atoms in total. The molecule has 6 aliphatic carbocycles. The van der Waals surface area contributed by atoms with Crippen molar-refractivity contribution in [2.45, 2.75) is 90.8 Å². The summed E-state index contributed by atoms with van der Waals surface area (Å²) < 4.78 is 6.39. The van der Waals surface area contributed by atoms with E-state index in [1.165, 1.54) is 0 Å². The lowest BCUT2D eigenvalue weighted by Crippen LogP contribution is -2.67. The van der Waals surface area contributed by atoms with Gasteiger partial charge in [0.05, 0.1) is 17.5 Å². The minimum atomic E-state index is -0.485. The van der Waals surface area contributed by atoms with E-state index in [2.05, 4.69) is 45.9 Å². The van der Waals surface area contributed by atoms with Gasteiger partial charge in [0.1, 0.15) is 5.60 Å². The van der Waals surface area contributed by atoms with E-state index in [0.717, 1.165) is 66.8 Å². The normalized spacial score (nSPS) is 46.6. The fourth-order valence-corrected chi connectivity index (χ4v) is 11.3. The second kappa shape index (κ2) is 7.84. The number of carbonyl (C=O) groups excluding carboxylic acids is 2. The SMILES string of the molecule is CCCN1CC2(CCC3C45C=CC6(C=C4C(=O)c4ccc(C)s4)CC(O)CCC6(C)C5CCC32C)OC1=O. The molecule has 1 aromatic heterocycles. The third-order valence-electron chi connectivity index (χ3n) is 12.4. The predicted molar refractivity (Wildman–Crippen MR) is 148 cm³/mol. The minimum Gasteiger partial charge on any atom is -0.440 e. The molecule has 3 saturated carbocycles. The predicted octanol–water partition coefficient (Wildman–Crippen LogP) is 6.70. The van der Waals surface area contributed by atoms with Gasteiger partial charge < -0.3 is 14.7 Å². The van der Waals surface area contributed by atoms with Crippen LogP contribution in [-0.2, 0) is 4.74 Å². The number of rotatable bonds is 4. The second-order valence-electron chi connectivity index (χ2n) is 13.8. The first kappa shape index (κ1) is 25.1. The number of allylic oxidation sites excluding steroid dienone is 4. The summed E-state index contributed by atoms with van der Waals surface area (Å²) in [6, 6.07) is 4.04. The molecule has 204 valence electrons. The third-order valence-corrected chi connectivity index (χ3v) is 13.4. The van der Waals surface area contributed by atoms with Crippen LogP contribution in [0, 0.1) is 40.4 Å². The number of aryl methyl sites for hydroxylation is 1. The first-order chi connectivity index (χ1) is 18.0. The maximum atomic E-state index is 14.5. The van der Waals surface area contributed by atoms with Crippen molar-refractivity contribution >= 4 is 23.2 Å². The van der Waals surface area contributed by atoms with Gasteiger partial charge in [0.2, 0.25) is 0 Å². The van der Waals surface area contributed by atoms with Crippen molar-refractivity contribution in [2.24, 2.45) is 33.5 Å². The van der Waals surface area contributed by atoms with E-state index >= 15 is 0 Å². The Balaban J connectivity index is 1.39. The van der Waals surface area contributed by atoms with E-state index in [9.17, 15) is 14.7 Å². The number of hydrogen-bond acceptors (Lipinski definition) is 5. The lowest BCUT2D eigenvalue weighted by molar-refractivity contribution is -0.164. The summed E-state index contributed by atoms with van der Waals surface area (Å²) in [5.41, 5.74) is -0.362. The lowest BCUT2D eigenvalue weighted by atomic mass is 9.32. The maximum absolute atomic E-state index is 14.5. The summed E-state index contributed by atoms with van der Waals surface area (Å²) in [4.78, 5) is 31.4. The van der Waals surface area contributed by atoms with Gasteiger partial charge >= 0.3 is 6.09 Å². The van der Waals surface area contributed by atoms with Crippen LogP contribution in [0.1, 0.15) is 86.7 Å². The summed E-state index contributed by atoms with van der Waals surface area (Å²) >= 11 is 1.59. The number of ketones is 1. The fourth-order valence-electron chi connectivity index (χ4n) is 10.5. The van der Waals surface area contributed by atoms with Gasteiger partial charge in [0.15, 0.2) is 5.78 Å². The topological polar surface area (TPSA) is 66.8 Å². The number of thiophene rings is 1. The molecule has 1 amide bonds. The van der Waals surface area contributed by atoms with Crippen molar-refractivity contribution in [1.29, 1.82) is 0 Å². The van der Waals surface area contributed by atoms with E-state index in [1.54, 1.807) is 11.3 Å². The Labute approximate surface area is 230 Å². The van der Waals surface area contributed by atoms with Crippen molar-refractivity contribution in [3.63, 3.8) is 0 Å². The van der Waals surface area contributed by atoms with Gasteiger partial charge in [0, 0.05) is 33.2 Å². The highest BCUT2D eigenvalue weighted by atomic mass is 32.1. The zero-order chi connectivity index (χ0) is 26.7. The van der Waals surface area contributed by atoms with Crippen LogP contribution >= 0.6 is 11.3 Å². The van der Waals surface area contributed by atoms with Crippen LogP contribution in [-0.4, -0.2) is 46.7 Å². The quantitative estimate of drug-likeness (QED) is 0.344. The Bertz CT molecular complexity index is 1280. The number of ether oxygens (including phenoxy) is 1. The molecular formula is C32H41NO4S. The van der Waals surface area contributed by atoms with Gasteiger partial charge in [-0.15, -0.1) is 11.3 Å². The van der Waals surface area contributed by atoms with Gasteiger partial charge in [-0.2, -0.15) is 0 Å². The Hall–Kier alpha value is -1.92. The molecule has 8 rings (SSSR count). The molecule has 2 bridgehead atoms. The number of aliphatic hydroxyl groups is 1. The van der Waals surface area contributed by atoms with Gasteiger partial charge in [-0.1, -0.05) is 39.0 Å². The van der Waals surface area contributed by atoms with Gasteiger partial charge in [0.25, 0.3) is 0 Å². The van der Waals surface area contributed by atoms with E-state index in [1.807, 2.05) is 17.0 Å². The van der Waals surface area contributed by atoms with Crippen molar-refractivity contribution < 1.29 is 19.4 Å². The molecule has 7 aliphatic rings. The zero-order valence-electron chi connectivity index (χ0n) is 23.2. The van der Waals surface area contributed by atoms with Crippen molar-refractivity contribution in [1.82, 2.24) is 4.90 Å². The van der Waals surface area contributed by atoms with Gasteiger partial charge in [-0.05, 0) is 87.7 Å². The van der Waals surface area contributed by atoms with E-state index in [0.29, 0.717) is 18.9 Å². The summed E-state index contributed by atoms with van der Waals surface area (Å²) in [6.45, 7) is 10.4. The van der Waals surface area contributed by atoms with Crippen LogP contribution in [0.3, 0.4) is 0 Å². The zero-order valence-corrected chi connectivity index (χ0v) is 24.0. The standard InChI is InChI=1S/C32H41NO4S/c1-5-16-33-19-31(37-27(33)36)13-10-25-29(31,4)12-9-24-28(3)11-8-21(34)17-30(28)14-15-32(24,25)22(18-30)26(35)23-7-6-20(2)38-23/h6-7,14-15,18,21,24-25,34H,5,8-13,16-17,19H2,1-4H3. The Morgan fingerprint density at radius 2 is 1.84 bits per heavy atom.